The minimum absolute atomic E-state index is 0.572. The summed E-state index contributed by atoms with van der Waals surface area (Å²) in [7, 11) is 0. The standard InChI is InChI=1S/C17H20N4/c18-17-7-6-16(14-19-17)21-12-10-20(11-13-21)9-8-15-4-2-1-3-5-15/h1-9,14H,10-13H2,(H2,18,19)/b9-8+. The first-order chi connectivity index (χ1) is 10.3. The van der Waals surface area contributed by atoms with Gasteiger partial charge in [-0.1, -0.05) is 30.3 Å². The zero-order chi connectivity index (χ0) is 14.5. The van der Waals surface area contributed by atoms with E-state index in [1.807, 2.05) is 24.4 Å². The van der Waals surface area contributed by atoms with E-state index in [0.29, 0.717) is 5.82 Å². The van der Waals surface area contributed by atoms with Crippen molar-refractivity contribution in [1.82, 2.24) is 9.88 Å². The molecule has 2 heterocycles. The number of anilines is 2. The van der Waals surface area contributed by atoms with Crippen LogP contribution < -0.4 is 10.6 Å². The van der Waals surface area contributed by atoms with Gasteiger partial charge in [0.15, 0.2) is 0 Å². The Morgan fingerprint density at radius 2 is 1.71 bits per heavy atom. The molecule has 1 aromatic heterocycles. The Hall–Kier alpha value is -2.49. The molecular weight excluding hydrogens is 260 g/mol. The van der Waals surface area contributed by atoms with Gasteiger partial charge in [0.25, 0.3) is 0 Å². The lowest BCUT2D eigenvalue weighted by atomic mass is 10.2. The van der Waals surface area contributed by atoms with E-state index < -0.39 is 0 Å². The van der Waals surface area contributed by atoms with Crippen LogP contribution in [0.5, 0.6) is 0 Å². The van der Waals surface area contributed by atoms with Crippen molar-refractivity contribution >= 4 is 17.6 Å². The fourth-order valence-corrected chi connectivity index (χ4v) is 2.47. The molecule has 1 aromatic carbocycles. The molecule has 21 heavy (non-hydrogen) atoms. The van der Waals surface area contributed by atoms with Crippen LogP contribution in [0.2, 0.25) is 0 Å². The van der Waals surface area contributed by atoms with E-state index in [-0.39, 0.29) is 0 Å². The molecule has 0 saturated carbocycles. The molecule has 3 rings (SSSR count). The first-order valence-corrected chi connectivity index (χ1v) is 7.25. The number of rotatable bonds is 3. The van der Waals surface area contributed by atoms with E-state index in [1.54, 1.807) is 0 Å². The molecule has 0 radical (unpaired) electrons. The van der Waals surface area contributed by atoms with Crippen LogP contribution in [0, 0.1) is 0 Å². The molecule has 1 fully saturated rings. The number of benzene rings is 1. The number of hydrogen-bond acceptors (Lipinski definition) is 4. The number of hydrogen-bond donors (Lipinski definition) is 1. The number of piperazine rings is 1. The molecule has 1 aliphatic rings. The second-order valence-corrected chi connectivity index (χ2v) is 5.19. The molecule has 4 nitrogen and oxygen atoms in total. The van der Waals surface area contributed by atoms with Gasteiger partial charge in [0.05, 0.1) is 11.9 Å². The number of pyridine rings is 1. The molecule has 0 aliphatic carbocycles. The van der Waals surface area contributed by atoms with Crippen molar-refractivity contribution in [1.29, 1.82) is 0 Å². The van der Waals surface area contributed by atoms with Crippen molar-refractivity contribution < 1.29 is 0 Å². The molecule has 4 heteroatoms. The zero-order valence-electron chi connectivity index (χ0n) is 12.0. The molecule has 0 spiro atoms. The van der Waals surface area contributed by atoms with Crippen LogP contribution >= 0.6 is 0 Å². The largest absolute Gasteiger partial charge is 0.384 e. The summed E-state index contributed by atoms with van der Waals surface area (Å²) in [6.07, 6.45) is 6.21. The van der Waals surface area contributed by atoms with Crippen molar-refractivity contribution in [3.8, 4) is 0 Å². The summed E-state index contributed by atoms with van der Waals surface area (Å²) < 4.78 is 0. The summed E-state index contributed by atoms with van der Waals surface area (Å²) in [5, 5.41) is 0. The lowest BCUT2D eigenvalue weighted by Crippen LogP contribution is -2.44. The molecule has 0 amide bonds. The second kappa shape index (κ2) is 6.31. The lowest BCUT2D eigenvalue weighted by Gasteiger charge is -2.35. The molecular formula is C17H20N4. The third-order valence-corrected chi connectivity index (χ3v) is 3.73. The van der Waals surface area contributed by atoms with Gasteiger partial charge in [0, 0.05) is 26.2 Å². The third kappa shape index (κ3) is 3.54. The van der Waals surface area contributed by atoms with E-state index in [1.165, 1.54) is 5.56 Å². The number of nitrogens with zero attached hydrogens (tertiary/aromatic N) is 3. The maximum absolute atomic E-state index is 5.63. The highest BCUT2D eigenvalue weighted by molar-refractivity contribution is 5.50. The van der Waals surface area contributed by atoms with Gasteiger partial charge in [0.1, 0.15) is 5.82 Å². The Kier molecular flexibility index (Phi) is 4.05. The molecule has 0 unspecified atom stereocenters. The maximum atomic E-state index is 5.63. The topological polar surface area (TPSA) is 45.4 Å². The minimum Gasteiger partial charge on any atom is -0.384 e. The first kappa shape index (κ1) is 13.5. The van der Waals surface area contributed by atoms with Gasteiger partial charge in [-0.05, 0) is 30.0 Å². The van der Waals surface area contributed by atoms with Crippen molar-refractivity contribution in [3.63, 3.8) is 0 Å². The molecule has 108 valence electrons. The Labute approximate surface area is 125 Å². The fraction of sp³-hybridized carbons (Fsp3) is 0.235. The van der Waals surface area contributed by atoms with E-state index in [0.717, 1.165) is 31.9 Å². The van der Waals surface area contributed by atoms with E-state index in [9.17, 15) is 0 Å². The van der Waals surface area contributed by atoms with E-state index in [4.69, 9.17) is 5.73 Å². The Bertz CT molecular complexity index is 584. The molecule has 0 bridgehead atoms. The van der Waals surface area contributed by atoms with Crippen molar-refractivity contribution in [3.05, 3.63) is 60.4 Å². The smallest absolute Gasteiger partial charge is 0.123 e. The summed E-state index contributed by atoms with van der Waals surface area (Å²) >= 11 is 0. The van der Waals surface area contributed by atoms with Crippen LogP contribution in [0.25, 0.3) is 6.08 Å². The van der Waals surface area contributed by atoms with E-state index in [2.05, 4.69) is 51.3 Å². The Balaban J connectivity index is 1.55. The van der Waals surface area contributed by atoms with Crippen LogP contribution in [0.15, 0.2) is 54.9 Å². The average Bonchev–Trinajstić information content (AvgIpc) is 2.55. The number of nitrogen functional groups attached to an aromatic ring is 1. The third-order valence-electron chi connectivity index (χ3n) is 3.73. The van der Waals surface area contributed by atoms with Gasteiger partial charge >= 0.3 is 0 Å². The number of nitrogens with two attached hydrogens (primary N) is 1. The quantitative estimate of drug-likeness (QED) is 0.938. The first-order valence-electron chi connectivity index (χ1n) is 7.25. The zero-order valence-corrected chi connectivity index (χ0v) is 12.0. The maximum Gasteiger partial charge on any atom is 0.123 e. The van der Waals surface area contributed by atoms with Gasteiger partial charge in [-0.3, -0.25) is 0 Å². The highest BCUT2D eigenvalue weighted by atomic mass is 15.3. The molecule has 2 aromatic rings. The van der Waals surface area contributed by atoms with Crippen LogP contribution in [0.3, 0.4) is 0 Å². The Morgan fingerprint density at radius 1 is 0.952 bits per heavy atom. The van der Waals surface area contributed by atoms with Crippen LogP contribution in [0.4, 0.5) is 11.5 Å². The predicted molar refractivity (Wildman–Crippen MR) is 87.9 cm³/mol. The predicted octanol–water partition coefficient (Wildman–Crippen LogP) is 2.46. The molecule has 0 atom stereocenters. The second-order valence-electron chi connectivity index (χ2n) is 5.19. The van der Waals surface area contributed by atoms with Gasteiger partial charge < -0.3 is 15.5 Å². The SMILES string of the molecule is Nc1ccc(N2CCN(/C=C/c3ccccc3)CC2)cn1. The van der Waals surface area contributed by atoms with Crippen molar-refractivity contribution in [2.24, 2.45) is 0 Å². The van der Waals surface area contributed by atoms with Crippen LogP contribution in [-0.4, -0.2) is 36.1 Å². The van der Waals surface area contributed by atoms with Gasteiger partial charge in [-0.25, -0.2) is 4.98 Å². The average molecular weight is 280 g/mol. The minimum atomic E-state index is 0.572. The lowest BCUT2D eigenvalue weighted by molar-refractivity contribution is 0.351. The summed E-state index contributed by atoms with van der Waals surface area (Å²) in [4.78, 5) is 8.86. The van der Waals surface area contributed by atoms with Crippen molar-refractivity contribution in [2.45, 2.75) is 0 Å². The summed E-state index contributed by atoms with van der Waals surface area (Å²) in [6, 6.07) is 14.3. The molecule has 1 aliphatic heterocycles. The van der Waals surface area contributed by atoms with E-state index >= 15 is 0 Å². The normalized spacial score (nSPS) is 15.6. The molecule has 2 N–H and O–H groups in total. The van der Waals surface area contributed by atoms with Gasteiger partial charge in [-0.15, -0.1) is 0 Å². The van der Waals surface area contributed by atoms with Crippen LogP contribution in [0.1, 0.15) is 5.56 Å². The fourth-order valence-electron chi connectivity index (χ4n) is 2.47. The van der Waals surface area contributed by atoms with Gasteiger partial charge in [0.2, 0.25) is 0 Å². The highest BCUT2D eigenvalue weighted by Gasteiger charge is 2.14. The van der Waals surface area contributed by atoms with Crippen molar-refractivity contribution in [2.75, 3.05) is 36.8 Å². The summed E-state index contributed by atoms with van der Waals surface area (Å²) in [6.45, 7) is 4.05. The molecule has 1 saturated heterocycles. The summed E-state index contributed by atoms with van der Waals surface area (Å²) in [5.74, 6) is 0.572. The van der Waals surface area contributed by atoms with Crippen LogP contribution in [-0.2, 0) is 0 Å². The summed E-state index contributed by atoms with van der Waals surface area (Å²) in [5.41, 5.74) is 8.01. The number of aromatic nitrogens is 1. The monoisotopic (exact) mass is 280 g/mol. The highest BCUT2D eigenvalue weighted by Crippen LogP contribution is 2.16. The van der Waals surface area contributed by atoms with Gasteiger partial charge in [-0.2, -0.15) is 0 Å². The Morgan fingerprint density at radius 3 is 2.38 bits per heavy atom.